The van der Waals surface area contributed by atoms with E-state index in [-0.39, 0.29) is 0 Å². The van der Waals surface area contributed by atoms with Crippen molar-refractivity contribution in [3.8, 4) is 0 Å². The van der Waals surface area contributed by atoms with Gasteiger partial charge in [-0.15, -0.1) is 0 Å². The molecular weight excluding hydrogens is 204 g/mol. The molecule has 3 atom stereocenters. The summed E-state index contributed by atoms with van der Waals surface area (Å²) in [6, 6.07) is 0. The van der Waals surface area contributed by atoms with E-state index in [1.165, 1.54) is 12.8 Å². The second kappa shape index (κ2) is 4.46. The van der Waals surface area contributed by atoms with Gasteiger partial charge in [-0.3, -0.25) is 0 Å². The molecule has 0 amide bonds. The van der Waals surface area contributed by atoms with Crippen molar-refractivity contribution in [3.63, 3.8) is 0 Å². The molecule has 2 heteroatoms. The fraction of sp³-hybridized carbons (Fsp3) is 1.00. The number of ether oxygens (including phenoxy) is 1. The monoisotopic (exact) mass is 220 g/mol. The van der Waals surface area contributed by atoms with Gasteiger partial charge in [-0.1, -0.05) is 36.2 Å². The third kappa shape index (κ3) is 2.45. The number of hydrogen-bond acceptors (Lipinski definition) is 1. The SMILES string of the molecule is CC[C@H](C)[C@H]1CO[C@H](CBr)C1. The highest BCUT2D eigenvalue weighted by Crippen LogP contribution is 2.28. The Morgan fingerprint density at radius 1 is 1.64 bits per heavy atom. The van der Waals surface area contributed by atoms with Crippen LogP contribution in [0.5, 0.6) is 0 Å². The van der Waals surface area contributed by atoms with Crippen LogP contribution in [0.3, 0.4) is 0 Å². The van der Waals surface area contributed by atoms with Gasteiger partial charge in [-0.05, 0) is 18.3 Å². The highest BCUT2D eigenvalue weighted by atomic mass is 79.9. The normalized spacial score (nSPS) is 34.1. The van der Waals surface area contributed by atoms with Crippen LogP contribution in [-0.2, 0) is 4.74 Å². The average Bonchev–Trinajstić information content (AvgIpc) is 2.50. The zero-order chi connectivity index (χ0) is 8.27. The average molecular weight is 221 g/mol. The molecule has 0 spiro atoms. The number of rotatable bonds is 3. The van der Waals surface area contributed by atoms with E-state index in [9.17, 15) is 0 Å². The summed E-state index contributed by atoms with van der Waals surface area (Å²) in [5, 5.41) is 1.000. The minimum Gasteiger partial charge on any atom is -0.377 e. The third-order valence-corrected chi connectivity index (χ3v) is 3.45. The number of halogens is 1. The summed E-state index contributed by atoms with van der Waals surface area (Å²) in [6.45, 7) is 5.56. The van der Waals surface area contributed by atoms with Gasteiger partial charge in [-0.25, -0.2) is 0 Å². The van der Waals surface area contributed by atoms with Gasteiger partial charge in [0, 0.05) is 5.33 Å². The van der Waals surface area contributed by atoms with Gasteiger partial charge in [0.25, 0.3) is 0 Å². The second-order valence-electron chi connectivity index (χ2n) is 3.49. The van der Waals surface area contributed by atoms with Crippen LogP contribution in [0.25, 0.3) is 0 Å². The Morgan fingerprint density at radius 3 is 2.82 bits per heavy atom. The summed E-state index contributed by atoms with van der Waals surface area (Å²) in [7, 11) is 0. The molecule has 1 saturated heterocycles. The second-order valence-corrected chi connectivity index (χ2v) is 4.14. The van der Waals surface area contributed by atoms with Crippen LogP contribution >= 0.6 is 15.9 Å². The summed E-state index contributed by atoms with van der Waals surface area (Å²) in [6.07, 6.45) is 3.01. The molecule has 1 nitrogen and oxygen atoms in total. The van der Waals surface area contributed by atoms with E-state index in [4.69, 9.17) is 4.74 Å². The van der Waals surface area contributed by atoms with E-state index >= 15 is 0 Å². The quantitative estimate of drug-likeness (QED) is 0.666. The van der Waals surface area contributed by atoms with E-state index < -0.39 is 0 Å². The lowest BCUT2D eigenvalue weighted by atomic mass is 9.90. The largest absolute Gasteiger partial charge is 0.377 e. The molecule has 1 fully saturated rings. The Kier molecular flexibility index (Phi) is 3.86. The Labute approximate surface area is 77.6 Å². The van der Waals surface area contributed by atoms with Crippen LogP contribution in [0.4, 0.5) is 0 Å². The van der Waals surface area contributed by atoms with Crippen molar-refractivity contribution in [2.24, 2.45) is 11.8 Å². The lowest BCUT2D eigenvalue weighted by Gasteiger charge is -2.14. The molecule has 1 aliphatic rings. The summed E-state index contributed by atoms with van der Waals surface area (Å²) < 4.78 is 5.59. The van der Waals surface area contributed by atoms with Gasteiger partial charge in [0.2, 0.25) is 0 Å². The smallest absolute Gasteiger partial charge is 0.0675 e. The first-order chi connectivity index (χ1) is 5.27. The van der Waals surface area contributed by atoms with Gasteiger partial charge < -0.3 is 4.74 Å². The highest BCUT2D eigenvalue weighted by molar-refractivity contribution is 9.09. The van der Waals surface area contributed by atoms with Crippen molar-refractivity contribution in [2.75, 3.05) is 11.9 Å². The van der Waals surface area contributed by atoms with Crippen molar-refractivity contribution in [1.82, 2.24) is 0 Å². The molecule has 0 unspecified atom stereocenters. The minimum absolute atomic E-state index is 0.481. The van der Waals surface area contributed by atoms with E-state index in [0.717, 1.165) is 23.8 Å². The Bertz CT molecular complexity index is 116. The Morgan fingerprint density at radius 2 is 2.36 bits per heavy atom. The van der Waals surface area contributed by atoms with Crippen molar-refractivity contribution in [1.29, 1.82) is 0 Å². The summed E-state index contributed by atoms with van der Waals surface area (Å²) >= 11 is 3.45. The lowest BCUT2D eigenvalue weighted by molar-refractivity contribution is 0.119. The number of hydrogen-bond donors (Lipinski definition) is 0. The van der Waals surface area contributed by atoms with Crippen molar-refractivity contribution in [2.45, 2.75) is 32.8 Å². The first-order valence-corrected chi connectivity index (χ1v) is 5.57. The highest BCUT2D eigenvalue weighted by Gasteiger charge is 2.27. The van der Waals surface area contributed by atoms with Crippen LogP contribution in [0, 0.1) is 11.8 Å². The van der Waals surface area contributed by atoms with Gasteiger partial charge in [-0.2, -0.15) is 0 Å². The van der Waals surface area contributed by atoms with E-state index in [2.05, 4.69) is 29.8 Å². The fourth-order valence-electron chi connectivity index (χ4n) is 1.57. The van der Waals surface area contributed by atoms with Crippen molar-refractivity contribution in [3.05, 3.63) is 0 Å². The zero-order valence-corrected chi connectivity index (χ0v) is 8.93. The standard InChI is InChI=1S/C9H17BrO/c1-3-7(2)8-4-9(5-10)11-6-8/h7-9H,3-6H2,1-2H3/t7-,8+,9-/m0/s1. The van der Waals surface area contributed by atoms with Crippen LogP contribution in [0.1, 0.15) is 26.7 Å². The Hall–Kier alpha value is 0.440. The van der Waals surface area contributed by atoms with Crippen LogP contribution in [0.15, 0.2) is 0 Å². The topological polar surface area (TPSA) is 9.23 Å². The number of alkyl halides is 1. The summed E-state index contributed by atoms with van der Waals surface area (Å²) in [5.41, 5.74) is 0. The van der Waals surface area contributed by atoms with E-state index in [1.807, 2.05) is 0 Å². The molecule has 0 bridgehead atoms. The molecule has 1 heterocycles. The van der Waals surface area contributed by atoms with Gasteiger partial charge in [0.1, 0.15) is 0 Å². The lowest BCUT2D eigenvalue weighted by Crippen LogP contribution is -2.11. The predicted octanol–water partition coefficient (Wildman–Crippen LogP) is 2.83. The summed E-state index contributed by atoms with van der Waals surface area (Å²) in [5.74, 6) is 1.64. The van der Waals surface area contributed by atoms with Crippen LogP contribution in [0.2, 0.25) is 0 Å². The van der Waals surface area contributed by atoms with Gasteiger partial charge >= 0.3 is 0 Å². The maximum absolute atomic E-state index is 5.59. The van der Waals surface area contributed by atoms with E-state index in [0.29, 0.717) is 6.10 Å². The van der Waals surface area contributed by atoms with Crippen molar-refractivity contribution < 1.29 is 4.74 Å². The molecule has 1 aliphatic heterocycles. The molecule has 11 heavy (non-hydrogen) atoms. The third-order valence-electron chi connectivity index (χ3n) is 2.73. The molecule has 1 rings (SSSR count). The van der Waals surface area contributed by atoms with Crippen LogP contribution in [-0.4, -0.2) is 18.0 Å². The zero-order valence-electron chi connectivity index (χ0n) is 7.35. The summed E-state index contributed by atoms with van der Waals surface area (Å²) in [4.78, 5) is 0. The van der Waals surface area contributed by atoms with Gasteiger partial charge in [0.05, 0.1) is 12.7 Å². The van der Waals surface area contributed by atoms with E-state index in [1.54, 1.807) is 0 Å². The molecule has 66 valence electrons. The van der Waals surface area contributed by atoms with Gasteiger partial charge in [0.15, 0.2) is 0 Å². The maximum Gasteiger partial charge on any atom is 0.0675 e. The molecule has 0 radical (unpaired) electrons. The molecular formula is C9H17BrO. The first-order valence-electron chi connectivity index (χ1n) is 4.45. The van der Waals surface area contributed by atoms with Crippen molar-refractivity contribution >= 4 is 15.9 Å². The van der Waals surface area contributed by atoms with Crippen LogP contribution < -0.4 is 0 Å². The molecule has 0 saturated carbocycles. The fourth-order valence-corrected chi connectivity index (χ4v) is 2.02. The predicted molar refractivity (Wildman–Crippen MR) is 51.1 cm³/mol. The first kappa shape index (κ1) is 9.53. The molecule has 0 aromatic heterocycles. The molecule has 0 aromatic carbocycles. The molecule has 0 aromatic rings. The molecule has 0 N–H and O–H groups in total. The Balaban J connectivity index is 2.29. The molecule has 0 aliphatic carbocycles. The minimum atomic E-state index is 0.481. The maximum atomic E-state index is 5.59.